The lowest BCUT2D eigenvalue weighted by Crippen LogP contribution is -2.13. The Kier molecular flexibility index (Phi) is 2.54. The highest BCUT2D eigenvalue weighted by molar-refractivity contribution is 6.32. The largest absolute Gasteiger partial charge is 0.506 e. The first-order valence-corrected chi connectivity index (χ1v) is 4.32. The lowest BCUT2D eigenvalue weighted by molar-refractivity contribution is 0.475. The van der Waals surface area contributed by atoms with Gasteiger partial charge in [0.1, 0.15) is 5.75 Å². The molecule has 1 nitrogen and oxygen atoms in total. The van der Waals surface area contributed by atoms with E-state index in [2.05, 4.69) is 5.92 Å². The summed E-state index contributed by atoms with van der Waals surface area (Å²) < 4.78 is 0. The van der Waals surface area contributed by atoms with Crippen molar-refractivity contribution in [1.29, 1.82) is 0 Å². The summed E-state index contributed by atoms with van der Waals surface area (Å²) in [6.45, 7) is 3.85. The Morgan fingerprint density at radius 1 is 1.46 bits per heavy atom. The molecule has 0 atom stereocenters. The van der Waals surface area contributed by atoms with Crippen LogP contribution in [-0.2, 0) is 5.41 Å². The van der Waals surface area contributed by atoms with Crippen molar-refractivity contribution in [2.24, 2.45) is 0 Å². The zero-order chi connectivity index (χ0) is 10.1. The van der Waals surface area contributed by atoms with Crippen molar-refractivity contribution in [3.05, 3.63) is 28.8 Å². The molecule has 0 aliphatic rings. The molecule has 0 bridgehead atoms. The third-order valence-corrected chi connectivity index (χ3v) is 2.33. The SMILES string of the molecule is C#CC(C)(C)c1ccc(O)c(Cl)c1. The van der Waals surface area contributed by atoms with Crippen LogP contribution in [0.3, 0.4) is 0 Å². The smallest absolute Gasteiger partial charge is 0.134 e. The zero-order valence-electron chi connectivity index (χ0n) is 7.63. The Balaban J connectivity index is 3.20. The minimum atomic E-state index is -0.350. The van der Waals surface area contributed by atoms with Crippen molar-refractivity contribution in [3.63, 3.8) is 0 Å². The molecular formula is C11H11ClO. The molecule has 0 saturated heterocycles. The van der Waals surface area contributed by atoms with Crippen molar-refractivity contribution < 1.29 is 5.11 Å². The van der Waals surface area contributed by atoms with Gasteiger partial charge in [-0.1, -0.05) is 23.6 Å². The van der Waals surface area contributed by atoms with Crippen molar-refractivity contribution in [2.45, 2.75) is 19.3 Å². The molecule has 0 amide bonds. The van der Waals surface area contributed by atoms with Gasteiger partial charge in [0.2, 0.25) is 0 Å². The molecule has 0 saturated carbocycles. The Hall–Kier alpha value is -1.13. The Bertz CT molecular complexity index is 361. The first-order valence-electron chi connectivity index (χ1n) is 3.94. The fraction of sp³-hybridized carbons (Fsp3) is 0.273. The predicted molar refractivity (Wildman–Crippen MR) is 55.0 cm³/mol. The summed E-state index contributed by atoms with van der Waals surface area (Å²) in [5.74, 6) is 2.75. The molecule has 0 aromatic heterocycles. The zero-order valence-corrected chi connectivity index (χ0v) is 8.39. The highest BCUT2D eigenvalue weighted by Crippen LogP contribution is 2.29. The maximum Gasteiger partial charge on any atom is 0.134 e. The second-order valence-corrected chi connectivity index (χ2v) is 3.84. The van der Waals surface area contributed by atoms with Crippen LogP contribution in [0.4, 0.5) is 0 Å². The lowest BCUT2D eigenvalue weighted by atomic mass is 9.86. The Morgan fingerprint density at radius 3 is 2.54 bits per heavy atom. The van der Waals surface area contributed by atoms with Crippen LogP contribution in [0.2, 0.25) is 5.02 Å². The Labute approximate surface area is 83.4 Å². The average molecular weight is 195 g/mol. The maximum atomic E-state index is 9.20. The quantitative estimate of drug-likeness (QED) is 0.682. The van der Waals surface area contributed by atoms with E-state index in [9.17, 15) is 5.11 Å². The van der Waals surface area contributed by atoms with Crippen LogP contribution in [0.25, 0.3) is 0 Å². The summed E-state index contributed by atoms with van der Waals surface area (Å²) in [6.07, 6.45) is 5.37. The highest BCUT2D eigenvalue weighted by atomic mass is 35.5. The molecule has 0 fully saturated rings. The molecular weight excluding hydrogens is 184 g/mol. The van der Waals surface area contributed by atoms with Crippen LogP contribution in [-0.4, -0.2) is 5.11 Å². The molecule has 2 heteroatoms. The minimum absolute atomic E-state index is 0.0817. The molecule has 0 aliphatic heterocycles. The van der Waals surface area contributed by atoms with Crippen LogP contribution in [0.15, 0.2) is 18.2 Å². The summed E-state index contributed by atoms with van der Waals surface area (Å²) in [5.41, 5.74) is 0.579. The van der Waals surface area contributed by atoms with Gasteiger partial charge in [-0.25, -0.2) is 0 Å². The van der Waals surface area contributed by atoms with Gasteiger partial charge in [0.25, 0.3) is 0 Å². The van der Waals surface area contributed by atoms with E-state index in [4.69, 9.17) is 18.0 Å². The fourth-order valence-electron chi connectivity index (χ4n) is 0.979. The van der Waals surface area contributed by atoms with E-state index < -0.39 is 0 Å². The monoisotopic (exact) mass is 194 g/mol. The summed E-state index contributed by atoms with van der Waals surface area (Å²) >= 11 is 5.76. The molecule has 0 radical (unpaired) electrons. The maximum absolute atomic E-state index is 9.20. The van der Waals surface area contributed by atoms with Gasteiger partial charge in [-0.3, -0.25) is 0 Å². The third kappa shape index (κ3) is 1.96. The number of phenols is 1. The van der Waals surface area contributed by atoms with Gasteiger partial charge < -0.3 is 5.11 Å². The summed E-state index contributed by atoms with van der Waals surface area (Å²) in [5, 5.41) is 9.53. The molecule has 13 heavy (non-hydrogen) atoms. The topological polar surface area (TPSA) is 20.2 Å². The summed E-state index contributed by atoms with van der Waals surface area (Å²) in [6, 6.07) is 5.02. The van der Waals surface area contributed by atoms with Crippen LogP contribution in [0.5, 0.6) is 5.75 Å². The standard InChI is InChI=1S/C11H11ClO/c1-4-11(2,3)8-5-6-10(13)9(12)7-8/h1,5-7,13H,2-3H3. The van der Waals surface area contributed by atoms with Gasteiger partial charge in [0, 0.05) is 0 Å². The van der Waals surface area contributed by atoms with E-state index in [0.29, 0.717) is 5.02 Å². The molecule has 1 rings (SSSR count). The fourth-order valence-corrected chi connectivity index (χ4v) is 1.16. The molecule has 1 aromatic rings. The second kappa shape index (κ2) is 3.32. The van der Waals surface area contributed by atoms with Crippen molar-refractivity contribution in [1.82, 2.24) is 0 Å². The van der Waals surface area contributed by atoms with Crippen molar-refractivity contribution in [3.8, 4) is 18.1 Å². The van der Waals surface area contributed by atoms with Gasteiger partial charge in [-0.2, -0.15) is 0 Å². The van der Waals surface area contributed by atoms with Crippen molar-refractivity contribution >= 4 is 11.6 Å². The number of hydrogen-bond acceptors (Lipinski definition) is 1. The van der Waals surface area contributed by atoms with Crippen LogP contribution in [0, 0.1) is 12.3 Å². The van der Waals surface area contributed by atoms with Gasteiger partial charge in [-0.05, 0) is 31.5 Å². The first-order chi connectivity index (χ1) is 5.97. The number of terminal acetylenes is 1. The number of hydrogen-bond donors (Lipinski definition) is 1. The molecule has 1 N–H and O–H groups in total. The van der Waals surface area contributed by atoms with Gasteiger partial charge in [-0.15, -0.1) is 6.42 Å². The van der Waals surface area contributed by atoms with E-state index >= 15 is 0 Å². The van der Waals surface area contributed by atoms with Crippen LogP contribution < -0.4 is 0 Å². The number of rotatable bonds is 1. The Morgan fingerprint density at radius 2 is 2.08 bits per heavy atom. The normalized spacial score (nSPS) is 10.9. The van der Waals surface area contributed by atoms with Crippen LogP contribution >= 0.6 is 11.6 Å². The number of phenolic OH excluding ortho intramolecular Hbond substituents is 1. The lowest BCUT2D eigenvalue weighted by Gasteiger charge is -2.18. The molecule has 0 heterocycles. The molecule has 0 unspecified atom stereocenters. The van der Waals surface area contributed by atoms with E-state index in [1.54, 1.807) is 18.2 Å². The van der Waals surface area contributed by atoms with Gasteiger partial charge in [0.05, 0.1) is 10.4 Å². The predicted octanol–water partition coefficient (Wildman–Crippen LogP) is 2.96. The molecule has 0 spiro atoms. The number of benzene rings is 1. The average Bonchev–Trinajstić information content (AvgIpc) is 2.09. The molecule has 0 aliphatic carbocycles. The molecule has 68 valence electrons. The van der Waals surface area contributed by atoms with E-state index in [1.165, 1.54) is 0 Å². The minimum Gasteiger partial charge on any atom is -0.506 e. The van der Waals surface area contributed by atoms with E-state index in [-0.39, 0.29) is 11.2 Å². The molecule has 1 aromatic carbocycles. The van der Waals surface area contributed by atoms with E-state index in [0.717, 1.165) is 5.56 Å². The highest BCUT2D eigenvalue weighted by Gasteiger charge is 2.17. The van der Waals surface area contributed by atoms with Gasteiger partial charge >= 0.3 is 0 Å². The van der Waals surface area contributed by atoms with E-state index in [1.807, 2.05) is 13.8 Å². The van der Waals surface area contributed by atoms with Crippen molar-refractivity contribution in [2.75, 3.05) is 0 Å². The number of halogens is 1. The van der Waals surface area contributed by atoms with Gasteiger partial charge in [0.15, 0.2) is 0 Å². The third-order valence-electron chi connectivity index (χ3n) is 2.03. The summed E-state index contributed by atoms with van der Waals surface area (Å²) in [7, 11) is 0. The number of aromatic hydroxyl groups is 1. The second-order valence-electron chi connectivity index (χ2n) is 3.44. The van der Waals surface area contributed by atoms with Crippen LogP contribution in [0.1, 0.15) is 19.4 Å². The first kappa shape index (κ1) is 9.95. The summed E-state index contributed by atoms with van der Waals surface area (Å²) in [4.78, 5) is 0.